The number of halogens is 1. The maximum Gasteiger partial charge on any atom is 0.231 e. The molecule has 1 aromatic rings. The molecule has 0 fully saturated rings. The minimum absolute atomic E-state index is 0. The molecule has 0 saturated heterocycles. The van der Waals surface area contributed by atoms with Gasteiger partial charge in [0.1, 0.15) is 0 Å². The van der Waals surface area contributed by atoms with Crippen LogP contribution in [0.5, 0.6) is 11.5 Å². The van der Waals surface area contributed by atoms with Crippen molar-refractivity contribution in [2.75, 3.05) is 13.3 Å². The molecule has 0 saturated carbocycles. The number of unbranched alkanes of at least 4 members (excludes halogenated alkanes) is 9. The molecule has 0 aromatic heterocycles. The molecule has 2 rings (SSSR count). The first kappa shape index (κ1) is 21.1. The third-order valence-electron chi connectivity index (χ3n) is 4.47. The summed E-state index contributed by atoms with van der Waals surface area (Å²) in [5, 5.41) is 3.52. The first-order valence-electron chi connectivity index (χ1n) is 9.49. The molecule has 0 spiro atoms. The molecule has 1 N–H and O–H groups in total. The van der Waals surface area contributed by atoms with Gasteiger partial charge in [-0.1, -0.05) is 70.8 Å². The molecular weight excluding hydrogens is 322 g/mol. The van der Waals surface area contributed by atoms with Crippen LogP contribution in [0.2, 0.25) is 0 Å². The Kier molecular flexibility index (Phi) is 11.8. The standard InChI is InChI=1S/C20H33NO2.ClH/c1-2-3-4-5-6-7-8-9-10-11-14-21-16-18-12-13-19-20(15-18)23-17-22-19;/h12-13,15,21H,2-11,14,16-17H2,1H3;1H. The molecule has 1 aromatic carbocycles. The van der Waals surface area contributed by atoms with Gasteiger partial charge in [-0.3, -0.25) is 0 Å². The monoisotopic (exact) mass is 355 g/mol. The van der Waals surface area contributed by atoms with E-state index in [1.54, 1.807) is 0 Å². The van der Waals surface area contributed by atoms with Crippen molar-refractivity contribution in [2.24, 2.45) is 0 Å². The van der Waals surface area contributed by atoms with Crippen LogP contribution in [0.3, 0.4) is 0 Å². The van der Waals surface area contributed by atoms with Crippen LogP contribution >= 0.6 is 12.4 Å². The van der Waals surface area contributed by atoms with Crippen molar-refractivity contribution in [1.82, 2.24) is 5.32 Å². The summed E-state index contributed by atoms with van der Waals surface area (Å²) < 4.78 is 10.7. The van der Waals surface area contributed by atoms with Crippen molar-refractivity contribution in [3.05, 3.63) is 23.8 Å². The summed E-state index contributed by atoms with van der Waals surface area (Å²) in [6.45, 7) is 4.64. The van der Waals surface area contributed by atoms with Gasteiger partial charge in [0.15, 0.2) is 11.5 Å². The zero-order chi connectivity index (χ0) is 16.2. The van der Waals surface area contributed by atoms with Crippen LogP contribution in [-0.2, 0) is 6.54 Å². The highest BCUT2D eigenvalue weighted by Gasteiger charge is 2.12. The van der Waals surface area contributed by atoms with E-state index in [0.29, 0.717) is 6.79 Å². The van der Waals surface area contributed by atoms with E-state index in [1.165, 1.54) is 69.8 Å². The molecule has 1 heterocycles. The van der Waals surface area contributed by atoms with E-state index in [-0.39, 0.29) is 12.4 Å². The summed E-state index contributed by atoms with van der Waals surface area (Å²) in [5.41, 5.74) is 1.27. The lowest BCUT2D eigenvalue weighted by molar-refractivity contribution is 0.174. The molecule has 0 atom stereocenters. The Labute approximate surface area is 153 Å². The van der Waals surface area contributed by atoms with Gasteiger partial charge in [-0.25, -0.2) is 0 Å². The fourth-order valence-electron chi connectivity index (χ4n) is 3.02. The third-order valence-corrected chi connectivity index (χ3v) is 4.47. The topological polar surface area (TPSA) is 30.5 Å². The van der Waals surface area contributed by atoms with Gasteiger partial charge in [-0.2, -0.15) is 0 Å². The van der Waals surface area contributed by atoms with Crippen LogP contribution in [0.1, 0.15) is 76.7 Å². The summed E-state index contributed by atoms with van der Waals surface area (Å²) in [6, 6.07) is 6.19. The van der Waals surface area contributed by atoms with Crippen LogP contribution in [-0.4, -0.2) is 13.3 Å². The average molecular weight is 356 g/mol. The van der Waals surface area contributed by atoms with Crippen LogP contribution < -0.4 is 14.8 Å². The Hall–Kier alpha value is -0.930. The summed E-state index contributed by atoms with van der Waals surface area (Å²) in [7, 11) is 0. The van der Waals surface area contributed by atoms with Crippen molar-refractivity contribution in [2.45, 2.75) is 77.7 Å². The van der Waals surface area contributed by atoms with Gasteiger partial charge in [-0.05, 0) is 30.7 Å². The maximum absolute atomic E-state index is 5.40. The molecule has 1 aliphatic heterocycles. The Bertz CT molecular complexity index is 440. The molecule has 0 unspecified atom stereocenters. The van der Waals surface area contributed by atoms with Gasteiger partial charge in [0.05, 0.1) is 0 Å². The molecule has 1 aliphatic rings. The van der Waals surface area contributed by atoms with Crippen LogP contribution in [0.4, 0.5) is 0 Å². The van der Waals surface area contributed by atoms with Crippen molar-refractivity contribution >= 4 is 12.4 Å². The second-order valence-corrected chi connectivity index (χ2v) is 6.55. The summed E-state index contributed by atoms with van der Waals surface area (Å²) >= 11 is 0. The van der Waals surface area contributed by atoms with E-state index in [1.807, 2.05) is 6.07 Å². The third kappa shape index (κ3) is 8.25. The first-order valence-corrected chi connectivity index (χ1v) is 9.49. The van der Waals surface area contributed by atoms with Gasteiger partial charge in [0.2, 0.25) is 6.79 Å². The van der Waals surface area contributed by atoms with Crippen LogP contribution in [0, 0.1) is 0 Å². The van der Waals surface area contributed by atoms with Crippen LogP contribution in [0.15, 0.2) is 18.2 Å². The van der Waals surface area contributed by atoms with Crippen molar-refractivity contribution in [3.8, 4) is 11.5 Å². The number of hydrogen-bond donors (Lipinski definition) is 1. The van der Waals surface area contributed by atoms with Gasteiger partial charge >= 0.3 is 0 Å². The van der Waals surface area contributed by atoms with E-state index < -0.39 is 0 Å². The SMILES string of the molecule is CCCCCCCCCCCCNCc1ccc2c(c1)OCO2.Cl. The molecule has 3 nitrogen and oxygen atoms in total. The van der Waals surface area contributed by atoms with Gasteiger partial charge in [-0.15, -0.1) is 12.4 Å². The lowest BCUT2D eigenvalue weighted by Crippen LogP contribution is -2.14. The van der Waals surface area contributed by atoms with Crippen molar-refractivity contribution in [3.63, 3.8) is 0 Å². The number of hydrogen-bond acceptors (Lipinski definition) is 3. The fraction of sp³-hybridized carbons (Fsp3) is 0.700. The van der Waals surface area contributed by atoms with E-state index in [9.17, 15) is 0 Å². The van der Waals surface area contributed by atoms with Crippen molar-refractivity contribution < 1.29 is 9.47 Å². The Morgan fingerprint density at radius 1 is 0.833 bits per heavy atom. The highest BCUT2D eigenvalue weighted by atomic mass is 35.5. The highest BCUT2D eigenvalue weighted by molar-refractivity contribution is 5.85. The molecular formula is C20H34ClNO2. The Balaban J connectivity index is 0.00000288. The lowest BCUT2D eigenvalue weighted by atomic mass is 10.1. The molecule has 0 radical (unpaired) electrons. The van der Waals surface area contributed by atoms with E-state index >= 15 is 0 Å². The largest absolute Gasteiger partial charge is 0.454 e. The zero-order valence-corrected chi connectivity index (χ0v) is 16.0. The minimum atomic E-state index is 0. The molecule has 0 amide bonds. The van der Waals surface area contributed by atoms with E-state index in [4.69, 9.17) is 9.47 Å². The Morgan fingerprint density at radius 2 is 1.46 bits per heavy atom. The quantitative estimate of drug-likeness (QED) is 0.450. The van der Waals surface area contributed by atoms with Gasteiger partial charge in [0, 0.05) is 6.54 Å². The predicted octanol–water partition coefficient (Wildman–Crippen LogP) is 5.85. The number of fused-ring (bicyclic) bond motifs is 1. The maximum atomic E-state index is 5.40. The van der Waals surface area contributed by atoms with Gasteiger partial charge < -0.3 is 14.8 Å². The van der Waals surface area contributed by atoms with E-state index in [0.717, 1.165) is 24.6 Å². The number of ether oxygens (including phenoxy) is 2. The molecule has 138 valence electrons. The number of benzene rings is 1. The summed E-state index contributed by atoms with van der Waals surface area (Å²) in [6.07, 6.45) is 13.9. The summed E-state index contributed by atoms with van der Waals surface area (Å²) in [4.78, 5) is 0. The Morgan fingerprint density at radius 3 is 2.17 bits per heavy atom. The molecule has 0 aliphatic carbocycles. The lowest BCUT2D eigenvalue weighted by Gasteiger charge is -2.06. The second kappa shape index (κ2) is 13.4. The highest BCUT2D eigenvalue weighted by Crippen LogP contribution is 2.32. The smallest absolute Gasteiger partial charge is 0.231 e. The zero-order valence-electron chi connectivity index (χ0n) is 15.1. The average Bonchev–Trinajstić information content (AvgIpc) is 3.03. The molecule has 4 heteroatoms. The molecule has 0 bridgehead atoms. The first-order chi connectivity index (χ1) is 11.4. The van der Waals surface area contributed by atoms with Crippen molar-refractivity contribution in [1.29, 1.82) is 0 Å². The molecule has 24 heavy (non-hydrogen) atoms. The normalized spacial score (nSPS) is 12.2. The number of nitrogens with one attached hydrogen (secondary N) is 1. The van der Waals surface area contributed by atoms with E-state index in [2.05, 4.69) is 24.4 Å². The second-order valence-electron chi connectivity index (χ2n) is 6.55. The van der Waals surface area contributed by atoms with Crippen LogP contribution in [0.25, 0.3) is 0 Å². The fourth-order valence-corrected chi connectivity index (χ4v) is 3.02. The number of rotatable bonds is 13. The minimum Gasteiger partial charge on any atom is -0.454 e. The summed E-state index contributed by atoms with van der Waals surface area (Å²) in [5.74, 6) is 1.74. The van der Waals surface area contributed by atoms with Gasteiger partial charge in [0.25, 0.3) is 0 Å². The predicted molar refractivity (Wildman–Crippen MR) is 103 cm³/mol.